The molecule has 0 rings (SSSR count). The second-order valence-corrected chi connectivity index (χ2v) is 4.18. The van der Waals surface area contributed by atoms with Crippen LogP contribution in [0.3, 0.4) is 0 Å². The Bertz CT molecular complexity index is 86.6. The predicted molar refractivity (Wildman–Crippen MR) is 39.7 cm³/mol. The molecule has 0 aliphatic rings. The van der Waals surface area contributed by atoms with Crippen molar-refractivity contribution in [3.05, 3.63) is 0 Å². The second-order valence-electron chi connectivity index (χ2n) is 1.66. The third-order valence-electron chi connectivity index (χ3n) is 1.10. The van der Waals surface area contributed by atoms with Crippen LogP contribution < -0.4 is 0 Å². The van der Waals surface area contributed by atoms with Crippen molar-refractivity contribution >= 4 is 9.05 Å². The van der Waals surface area contributed by atoms with E-state index in [4.69, 9.17) is 17.7 Å². The zero-order valence-electron chi connectivity index (χ0n) is 7.25. The lowest BCUT2D eigenvalue weighted by Gasteiger charge is -2.22. The Labute approximate surface area is 67.6 Å². The molecule has 0 N–H and O–H groups in total. The number of rotatable bonds is 6. The maximum Gasteiger partial charge on any atom is 0.680 e. The van der Waals surface area contributed by atoms with E-state index in [1.54, 1.807) is 0 Å². The first-order chi connectivity index (χ1) is 5.24. The van der Waals surface area contributed by atoms with Gasteiger partial charge in [0.05, 0.1) is 0 Å². The second kappa shape index (κ2) is 5.64. The van der Waals surface area contributed by atoms with Gasteiger partial charge in [0.1, 0.15) is 6.79 Å². The number of hydrogen-bond donors (Lipinski definition) is 0. The summed E-state index contributed by atoms with van der Waals surface area (Å²) in [7, 11) is 3.05. The minimum absolute atomic E-state index is 0.0990. The molecule has 6 heteroatoms. The molecule has 0 aromatic carbocycles. The van der Waals surface area contributed by atoms with Crippen LogP contribution in [0, 0.1) is 0 Å². The van der Waals surface area contributed by atoms with Crippen molar-refractivity contribution in [3.8, 4) is 0 Å². The molecule has 0 bridgehead atoms. The van der Waals surface area contributed by atoms with E-state index >= 15 is 0 Å². The predicted octanol–water partition coefficient (Wildman–Crippen LogP) is -0.0183. The third-order valence-corrected chi connectivity index (χ3v) is 3.07. The molecule has 0 amide bonds. The van der Waals surface area contributed by atoms with Crippen LogP contribution in [0.25, 0.3) is 0 Å². The molecule has 5 nitrogen and oxygen atoms in total. The van der Waals surface area contributed by atoms with Gasteiger partial charge in [-0.1, -0.05) is 0 Å². The highest BCUT2D eigenvalue weighted by atomic mass is 28.4. The minimum atomic E-state index is -2.86. The molecular formula is C5H14O5Si. The van der Waals surface area contributed by atoms with Crippen LogP contribution in [0.4, 0.5) is 0 Å². The summed E-state index contributed by atoms with van der Waals surface area (Å²) in [6.07, 6.45) is 0. The molecule has 0 fully saturated rings. The molecule has 0 saturated heterocycles. The van der Waals surface area contributed by atoms with E-state index in [1.165, 1.54) is 28.4 Å². The average molecular weight is 182 g/mol. The summed E-state index contributed by atoms with van der Waals surface area (Å²) in [5.41, 5.74) is 0. The van der Waals surface area contributed by atoms with Crippen LogP contribution in [-0.4, -0.2) is 44.3 Å². The monoisotopic (exact) mass is 182 g/mol. The molecule has 0 saturated carbocycles. The summed E-state index contributed by atoms with van der Waals surface area (Å²) in [5, 5.41) is 0. The van der Waals surface area contributed by atoms with Crippen molar-refractivity contribution < 1.29 is 22.4 Å². The quantitative estimate of drug-likeness (QED) is 0.427. The van der Waals surface area contributed by atoms with Crippen LogP contribution in [0.1, 0.15) is 0 Å². The summed E-state index contributed by atoms with van der Waals surface area (Å²) in [6.45, 7) is 0.0990. The van der Waals surface area contributed by atoms with Gasteiger partial charge in [0.25, 0.3) is 0 Å². The van der Waals surface area contributed by atoms with E-state index in [1.807, 2.05) is 0 Å². The Hall–Kier alpha value is 0.0169. The molecule has 0 aliphatic heterocycles. The van der Waals surface area contributed by atoms with Gasteiger partial charge in [0.2, 0.25) is 0 Å². The standard InChI is InChI=1S/C5H14O5Si/c1-6-5-10-11(7-2,8-3)9-4/h5H2,1-4H3. The number of hydrogen-bond acceptors (Lipinski definition) is 5. The van der Waals surface area contributed by atoms with Crippen LogP contribution in [-0.2, 0) is 22.4 Å². The van der Waals surface area contributed by atoms with Gasteiger partial charge in [0.15, 0.2) is 0 Å². The maximum atomic E-state index is 5.08. The lowest BCUT2D eigenvalue weighted by molar-refractivity contribution is -0.0581. The first-order valence-electron chi connectivity index (χ1n) is 3.03. The van der Waals surface area contributed by atoms with Crippen LogP contribution in [0.2, 0.25) is 0 Å². The van der Waals surface area contributed by atoms with Gasteiger partial charge in [-0.3, -0.25) is 0 Å². The van der Waals surface area contributed by atoms with E-state index in [0.29, 0.717) is 0 Å². The van der Waals surface area contributed by atoms with Crippen LogP contribution >= 0.6 is 0 Å². The highest BCUT2D eigenvalue weighted by Gasteiger charge is 2.42. The summed E-state index contributed by atoms with van der Waals surface area (Å²) in [5.74, 6) is 0. The molecule has 0 aromatic heterocycles. The van der Waals surface area contributed by atoms with Crippen molar-refractivity contribution in [1.82, 2.24) is 0 Å². The topological polar surface area (TPSA) is 46.2 Å². The van der Waals surface area contributed by atoms with Gasteiger partial charge in [0, 0.05) is 28.4 Å². The Balaban J connectivity index is 3.84. The SMILES string of the molecule is COCO[Si](OC)(OC)OC. The Morgan fingerprint density at radius 2 is 1.36 bits per heavy atom. The van der Waals surface area contributed by atoms with E-state index in [2.05, 4.69) is 4.74 Å². The zero-order chi connectivity index (χ0) is 8.74. The molecule has 0 aromatic rings. The van der Waals surface area contributed by atoms with E-state index in [-0.39, 0.29) is 6.79 Å². The molecular weight excluding hydrogens is 168 g/mol. The molecule has 0 unspecified atom stereocenters. The Morgan fingerprint density at radius 3 is 1.64 bits per heavy atom. The van der Waals surface area contributed by atoms with Crippen LogP contribution in [0.15, 0.2) is 0 Å². The van der Waals surface area contributed by atoms with Crippen molar-refractivity contribution in [3.63, 3.8) is 0 Å². The lowest BCUT2D eigenvalue weighted by atomic mass is 11.4. The van der Waals surface area contributed by atoms with Crippen LogP contribution in [0.5, 0.6) is 0 Å². The summed E-state index contributed by atoms with van der Waals surface area (Å²) in [6, 6.07) is 0. The Morgan fingerprint density at radius 1 is 0.909 bits per heavy atom. The molecule has 0 heterocycles. The highest BCUT2D eigenvalue weighted by molar-refractivity contribution is 6.53. The van der Waals surface area contributed by atoms with E-state index < -0.39 is 9.05 Å². The minimum Gasteiger partial charge on any atom is -0.359 e. The van der Waals surface area contributed by atoms with Gasteiger partial charge >= 0.3 is 9.05 Å². The lowest BCUT2D eigenvalue weighted by Crippen LogP contribution is -2.46. The Kier molecular flexibility index (Phi) is 5.65. The summed E-state index contributed by atoms with van der Waals surface area (Å²) in [4.78, 5) is 0. The average Bonchev–Trinajstić information content (AvgIpc) is 2.08. The molecule has 0 spiro atoms. The maximum absolute atomic E-state index is 5.08. The molecule has 0 radical (unpaired) electrons. The van der Waals surface area contributed by atoms with Gasteiger partial charge in [-0.25, -0.2) is 0 Å². The van der Waals surface area contributed by atoms with E-state index in [0.717, 1.165) is 0 Å². The number of methoxy groups -OCH3 is 1. The van der Waals surface area contributed by atoms with Gasteiger partial charge in [-0.05, 0) is 0 Å². The molecule has 0 aliphatic carbocycles. The van der Waals surface area contributed by atoms with Gasteiger partial charge < -0.3 is 22.4 Å². The smallest absolute Gasteiger partial charge is 0.359 e. The highest BCUT2D eigenvalue weighted by Crippen LogP contribution is 2.06. The van der Waals surface area contributed by atoms with Crippen molar-refractivity contribution in [2.45, 2.75) is 0 Å². The fourth-order valence-corrected chi connectivity index (χ4v) is 1.67. The molecule has 11 heavy (non-hydrogen) atoms. The normalized spacial score (nSPS) is 12.0. The first-order valence-corrected chi connectivity index (χ1v) is 4.66. The van der Waals surface area contributed by atoms with Gasteiger partial charge in [-0.15, -0.1) is 0 Å². The van der Waals surface area contributed by atoms with Crippen molar-refractivity contribution in [1.29, 1.82) is 0 Å². The fraction of sp³-hybridized carbons (Fsp3) is 1.00. The van der Waals surface area contributed by atoms with Gasteiger partial charge in [-0.2, -0.15) is 0 Å². The summed E-state index contributed by atoms with van der Waals surface area (Å²) >= 11 is 0. The summed E-state index contributed by atoms with van der Waals surface area (Å²) < 4.78 is 24.5. The third kappa shape index (κ3) is 3.28. The zero-order valence-corrected chi connectivity index (χ0v) is 8.25. The first kappa shape index (κ1) is 11.0. The molecule has 0 atom stereocenters. The van der Waals surface area contributed by atoms with Crippen molar-refractivity contribution in [2.24, 2.45) is 0 Å². The fourth-order valence-electron chi connectivity index (χ4n) is 0.558. The number of ether oxygens (including phenoxy) is 1. The van der Waals surface area contributed by atoms with E-state index in [9.17, 15) is 0 Å². The largest absolute Gasteiger partial charge is 0.680 e. The van der Waals surface area contributed by atoms with Crippen molar-refractivity contribution in [2.75, 3.05) is 35.2 Å². The molecule has 68 valence electrons.